The summed E-state index contributed by atoms with van der Waals surface area (Å²) in [5, 5.41) is 0. The predicted molar refractivity (Wildman–Crippen MR) is 82.2 cm³/mol. The number of ether oxygens (including phenoxy) is 4. The minimum atomic E-state index is -0.707. The van der Waals surface area contributed by atoms with Crippen molar-refractivity contribution in [2.45, 2.75) is 44.2 Å². The Labute approximate surface area is 136 Å². The number of aromatic nitrogens is 4. The molecule has 2 aliphatic heterocycles. The Morgan fingerprint density at radius 1 is 1.46 bits per heavy atom. The minimum absolute atomic E-state index is 0.0125. The van der Waals surface area contributed by atoms with Crippen LogP contribution in [0.15, 0.2) is 11.1 Å². The minimum Gasteiger partial charge on any atom is -0.374 e. The monoisotopic (exact) mass is 337 g/mol. The van der Waals surface area contributed by atoms with E-state index in [1.165, 1.54) is 6.33 Å². The molecule has 24 heavy (non-hydrogen) atoms. The van der Waals surface area contributed by atoms with Gasteiger partial charge in [0, 0.05) is 7.11 Å². The Bertz CT molecular complexity index is 831. The molecule has 2 fully saturated rings. The van der Waals surface area contributed by atoms with Gasteiger partial charge in [-0.1, -0.05) is 0 Å². The lowest BCUT2D eigenvalue weighted by molar-refractivity contribution is -0.191. The van der Waals surface area contributed by atoms with Gasteiger partial charge in [-0.25, -0.2) is 4.98 Å². The van der Waals surface area contributed by atoms with Crippen LogP contribution in [0.25, 0.3) is 11.2 Å². The molecule has 10 nitrogen and oxygen atoms in total. The molecule has 10 heteroatoms. The second-order valence-corrected chi connectivity index (χ2v) is 6.34. The number of nitrogen functional groups attached to an aromatic ring is 1. The lowest BCUT2D eigenvalue weighted by atomic mass is 10.0. The molecule has 2 aromatic rings. The topological polar surface area (TPSA) is 127 Å². The van der Waals surface area contributed by atoms with E-state index in [4.69, 9.17) is 24.7 Å². The van der Waals surface area contributed by atoms with Crippen molar-refractivity contribution < 1.29 is 18.9 Å². The van der Waals surface area contributed by atoms with Crippen LogP contribution in [-0.4, -0.2) is 57.3 Å². The van der Waals surface area contributed by atoms with Crippen molar-refractivity contribution in [2.24, 2.45) is 0 Å². The van der Waals surface area contributed by atoms with E-state index < -0.39 is 23.7 Å². The lowest BCUT2D eigenvalue weighted by Crippen LogP contribution is -2.50. The number of hydrogen-bond acceptors (Lipinski definition) is 8. The third-order valence-electron chi connectivity index (χ3n) is 4.25. The van der Waals surface area contributed by atoms with Gasteiger partial charge in [0.2, 0.25) is 5.95 Å². The third-order valence-corrected chi connectivity index (χ3v) is 4.25. The van der Waals surface area contributed by atoms with Crippen molar-refractivity contribution in [2.75, 3.05) is 19.5 Å². The highest BCUT2D eigenvalue weighted by Gasteiger charge is 2.52. The highest BCUT2D eigenvalue weighted by atomic mass is 16.8. The summed E-state index contributed by atoms with van der Waals surface area (Å²) in [4.78, 5) is 22.6. The van der Waals surface area contributed by atoms with E-state index in [0.717, 1.165) is 0 Å². The molecule has 4 atom stereocenters. The molecule has 3 N–H and O–H groups in total. The van der Waals surface area contributed by atoms with E-state index in [-0.39, 0.29) is 23.7 Å². The van der Waals surface area contributed by atoms with Gasteiger partial charge >= 0.3 is 0 Å². The van der Waals surface area contributed by atoms with Crippen molar-refractivity contribution in [3.8, 4) is 0 Å². The number of H-pyrrole nitrogens is 1. The molecule has 0 aromatic carbocycles. The Morgan fingerprint density at radius 2 is 2.25 bits per heavy atom. The number of rotatable bonds is 2. The predicted octanol–water partition coefficient (Wildman–Crippen LogP) is -0.234. The Kier molecular flexibility index (Phi) is 3.39. The molecule has 0 radical (unpaired) electrons. The van der Waals surface area contributed by atoms with E-state index in [9.17, 15) is 4.79 Å². The van der Waals surface area contributed by atoms with Gasteiger partial charge in [-0.3, -0.25) is 14.3 Å². The normalized spacial score (nSPS) is 32.1. The Balaban J connectivity index is 1.75. The zero-order chi connectivity index (χ0) is 17.1. The van der Waals surface area contributed by atoms with Crippen molar-refractivity contribution in [1.29, 1.82) is 0 Å². The maximum Gasteiger partial charge on any atom is 0.280 e. The smallest absolute Gasteiger partial charge is 0.280 e. The maximum atomic E-state index is 11.9. The zero-order valence-corrected chi connectivity index (χ0v) is 13.6. The first kappa shape index (κ1) is 15.5. The lowest BCUT2D eigenvalue weighted by Gasteiger charge is -2.37. The maximum absolute atomic E-state index is 11.9. The molecule has 2 aliphatic rings. The molecule has 0 bridgehead atoms. The van der Waals surface area contributed by atoms with Crippen LogP contribution in [0.3, 0.4) is 0 Å². The molecule has 0 spiro atoms. The third kappa shape index (κ3) is 2.30. The van der Waals surface area contributed by atoms with Gasteiger partial charge < -0.3 is 24.7 Å². The van der Waals surface area contributed by atoms with Crippen LogP contribution in [0.1, 0.15) is 20.1 Å². The van der Waals surface area contributed by atoms with Crippen LogP contribution < -0.4 is 11.3 Å². The van der Waals surface area contributed by atoms with Gasteiger partial charge in [-0.15, -0.1) is 0 Å². The Morgan fingerprint density at radius 3 is 3.00 bits per heavy atom. The number of aromatic amines is 1. The van der Waals surface area contributed by atoms with Crippen molar-refractivity contribution >= 4 is 17.1 Å². The molecule has 130 valence electrons. The average molecular weight is 337 g/mol. The summed E-state index contributed by atoms with van der Waals surface area (Å²) < 4.78 is 25.0. The van der Waals surface area contributed by atoms with Crippen LogP contribution >= 0.6 is 0 Å². The van der Waals surface area contributed by atoms with Crippen LogP contribution in [0, 0.1) is 0 Å². The van der Waals surface area contributed by atoms with Crippen LogP contribution in [0.2, 0.25) is 0 Å². The highest BCUT2D eigenvalue weighted by Crippen LogP contribution is 2.39. The molecule has 0 saturated carbocycles. The van der Waals surface area contributed by atoms with Gasteiger partial charge in [-0.05, 0) is 13.8 Å². The summed E-state index contributed by atoms with van der Waals surface area (Å²) in [7, 11) is 1.58. The summed E-state index contributed by atoms with van der Waals surface area (Å²) in [5.41, 5.74) is 5.77. The SMILES string of the molecule is CO[C@@H]1[C@H]2OC(C)(C)O[C@H]2CO[C@H]1n1cnc2c(=O)[nH]c(N)nc21. The molecule has 0 aliphatic carbocycles. The second kappa shape index (κ2) is 5.24. The number of fused-ring (bicyclic) bond motifs is 2. The number of nitrogens with two attached hydrogens (primary N) is 1. The largest absolute Gasteiger partial charge is 0.374 e. The van der Waals surface area contributed by atoms with E-state index in [1.807, 2.05) is 13.8 Å². The first-order valence-electron chi connectivity index (χ1n) is 7.62. The van der Waals surface area contributed by atoms with Gasteiger partial charge in [0.25, 0.3) is 5.56 Å². The van der Waals surface area contributed by atoms with E-state index >= 15 is 0 Å². The second-order valence-electron chi connectivity index (χ2n) is 6.34. The Hall–Kier alpha value is -2.01. The van der Waals surface area contributed by atoms with Gasteiger partial charge in [-0.2, -0.15) is 4.98 Å². The summed E-state index contributed by atoms with van der Waals surface area (Å²) in [6, 6.07) is 0. The fourth-order valence-electron chi connectivity index (χ4n) is 3.34. The number of nitrogens with zero attached hydrogens (tertiary/aromatic N) is 3. The van der Waals surface area contributed by atoms with E-state index in [0.29, 0.717) is 12.3 Å². The van der Waals surface area contributed by atoms with Crippen LogP contribution in [0.4, 0.5) is 5.95 Å². The van der Waals surface area contributed by atoms with Gasteiger partial charge in [0.1, 0.15) is 18.3 Å². The first-order valence-corrected chi connectivity index (χ1v) is 7.62. The molecule has 2 saturated heterocycles. The number of imidazole rings is 1. The summed E-state index contributed by atoms with van der Waals surface area (Å²) in [6.45, 7) is 4.03. The van der Waals surface area contributed by atoms with Crippen LogP contribution in [0.5, 0.6) is 0 Å². The number of methoxy groups -OCH3 is 1. The number of nitrogens with one attached hydrogen (secondary N) is 1. The summed E-state index contributed by atoms with van der Waals surface area (Å²) in [6.07, 6.45) is -0.0553. The van der Waals surface area contributed by atoms with E-state index in [1.54, 1.807) is 11.7 Å². The summed E-state index contributed by atoms with van der Waals surface area (Å²) in [5.74, 6) is -0.695. The highest BCUT2D eigenvalue weighted by molar-refractivity contribution is 5.70. The molecule has 0 unspecified atom stereocenters. The van der Waals surface area contributed by atoms with Crippen molar-refractivity contribution in [1.82, 2.24) is 19.5 Å². The number of hydrogen-bond donors (Lipinski definition) is 2. The standard InChI is InChI=1S/C14H19N5O5/c1-14(2)23-6-4-22-12(9(21-3)8(6)24-14)19-5-16-7-10(19)17-13(15)18-11(7)20/h5-6,8-9,12H,4H2,1-3H3,(H3,15,17,18,20)/t6-,8-,9+,12+/m0/s1. The van der Waals surface area contributed by atoms with Crippen molar-refractivity contribution in [3.63, 3.8) is 0 Å². The quantitative estimate of drug-likeness (QED) is 0.769. The molecular weight excluding hydrogens is 318 g/mol. The van der Waals surface area contributed by atoms with E-state index in [2.05, 4.69) is 15.0 Å². The van der Waals surface area contributed by atoms with Gasteiger partial charge in [0.05, 0.1) is 12.9 Å². The molecule has 4 rings (SSSR count). The fraction of sp³-hybridized carbons (Fsp3) is 0.643. The van der Waals surface area contributed by atoms with Crippen LogP contribution in [-0.2, 0) is 18.9 Å². The molecular formula is C14H19N5O5. The number of anilines is 1. The molecule has 0 amide bonds. The summed E-state index contributed by atoms with van der Waals surface area (Å²) >= 11 is 0. The first-order chi connectivity index (χ1) is 11.4. The van der Waals surface area contributed by atoms with Gasteiger partial charge in [0.15, 0.2) is 23.2 Å². The molecule has 2 aromatic heterocycles. The average Bonchev–Trinajstić information content (AvgIpc) is 3.05. The fourth-order valence-corrected chi connectivity index (χ4v) is 3.34. The zero-order valence-electron chi connectivity index (χ0n) is 13.6. The van der Waals surface area contributed by atoms with Crippen molar-refractivity contribution in [3.05, 3.63) is 16.7 Å². The molecule has 4 heterocycles.